The van der Waals surface area contributed by atoms with Crippen LogP contribution in [0.1, 0.15) is 34.0 Å². The highest BCUT2D eigenvalue weighted by molar-refractivity contribution is 7.14. The fraction of sp³-hybridized carbons (Fsp3) is 0.455. The first kappa shape index (κ1) is 12.7. The van der Waals surface area contributed by atoms with E-state index < -0.39 is 12.0 Å². The maximum atomic E-state index is 11.7. The van der Waals surface area contributed by atoms with E-state index in [1.807, 2.05) is 19.9 Å². The molecule has 16 heavy (non-hydrogen) atoms. The molecule has 0 saturated heterocycles. The summed E-state index contributed by atoms with van der Waals surface area (Å²) in [6.45, 7) is 5.43. The number of carboxylic acid groups (broad SMARTS) is 1. The largest absolute Gasteiger partial charge is 0.480 e. The lowest BCUT2D eigenvalue weighted by Crippen LogP contribution is -2.37. The molecular formula is C11H15NO3S. The van der Waals surface area contributed by atoms with Gasteiger partial charge in [-0.2, -0.15) is 0 Å². The summed E-state index contributed by atoms with van der Waals surface area (Å²) >= 11 is 1.40. The van der Waals surface area contributed by atoms with Gasteiger partial charge in [-0.15, -0.1) is 11.3 Å². The van der Waals surface area contributed by atoms with Crippen LogP contribution in [0.15, 0.2) is 6.07 Å². The zero-order valence-electron chi connectivity index (χ0n) is 9.53. The van der Waals surface area contributed by atoms with Crippen molar-refractivity contribution in [3.63, 3.8) is 0 Å². The minimum absolute atomic E-state index is 0.317. The number of carboxylic acids is 1. The van der Waals surface area contributed by atoms with Crippen LogP contribution in [0, 0.1) is 6.92 Å². The molecule has 0 saturated carbocycles. The summed E-state index contributed by atoms with van der Waals surface area (Å²) in [7, 11) is 0. The van der Waals surface area contributed by atoms with Crippen molar-refractivity contribution in [1.82, 2.24) is 5.32 Å². The molecule has 4 nitrogen and oxygen atoms in total. The van der Waals surface area contributed by atoms with Crippen molar-refractivity contribution >= 4 is 23.2 Å². The van der Waals surface area contributed by atoms with Crippen LogP contribution in [-0.4, -0.2) is 23.0 Å². The lowest BCUT2D eigenvalue weighted by atomic mass is 10.2. The van der Waals surface area contributed by atoms with E-state index in [1.54, 1.807) is 0 Å². The molecule has 0 bridgehead atoms. The molecule has 0 spiro atoms. The highest BCUT2D eigenvalue weighted by Crippen LogP contribution is 2.21. The molecule has 88 valence electrons. The molecule has 0 aliphatic heterocycles. The van der Waals surface area contributed by atoms with E-state index in [1.165, 1.54) is 18.3 Å². The van der Waals surface area contributed by atoms with Gasteiger partial charge in [0.15, 0.2) is 0 Å². The van der Waals surface area contributed by atoms with E-state index in [2.05, 4.69) is 5.32 Å². The Kier molecular flexibility index (Phi) is 4.06. The maximum absolute atomic E-state index is 11.7. The average molecular weight is 241 g/mol. The normalized spacial score (nSPS) is 12.2. The summed E-state index contributed by atoms with van der Waals surface area (Å²) in [5.74, 6) is -1.35. The Labute approximate surface area is 98.3 Å². The van der Waals surface area contributed by atoms with E-state index in [0.29, 0.717) is 4.88 Å². The summed E-state index contributed by atoms with van der Waals surface area (Å²) < 4.78 is 0. The van der Waals surface area contributed by atoms with Crippen LogP contribution in [0.5, 0.6) is 0 Å². The molecule has 0 aliphatic rings. The Balaban J connectivity index is 2.77. The van der Waals surface area contributed by atoms with Crippen LogP contribution in [0.3, 0.4) is 0 Å². The van der Waals surface area contributed by atoms with Crippen molar-refractivity contribution in [1.29, 1.82) is 0 Å². The first-order valence-electron chi connectivity index (χ1n) is 5.08. The van der Waals surface area contributed by atoms with Gasteiger partial charge in [0.05, 0.1) is 4.88 Å². The van der Waals surface area contributed by atoms with Gasteiger partial charge >= 0.3 is 5.97 Å². The lowest BCUT2D eigenvalue weighted by molar-refractivity contribution is -0.138. The monoisotopic (exact) mass is 241 g/mol. The number of rotatable bonds is 4. The Bertz CT molecular complexity index is 411. The number of aryl methyl sites for hydroxylation is 2. The summed E-state index contributed by atoms with van der Waals surface area (Å²) in [6, 6.07) is 0.962. The number of carbonyl (C=O) groups is 2. The highest BCUT2D eigenvalue weighted by Gasteiger charge is 2.17. The van der Waals surface area contributed by atoms with Gasteiger partial charge in [-0.25, -0.2) is 0 Å². The van der Waals surface area contributed by atoms with Crippen LogP contribution in [0.25, 0.3) is 0 Å². The number of aliphatic carboxylic acids is 1. The molecular weight excluding hydrogens is 226 g/mol. The quantitative estimate of drug-likeness (QED) is 0.845. The Morgan fingerprint density at radius 1 is 1.56 bits per heavy atom. The van der Waals surface area contributed by atoms with Gasteiger partial charge in [0, 0.05) is 4.88 Å². The van der Waals surface area contributed by atoms with Crippen molar-refractivity contribution in [2.75, 3.05) is 0 Å². The third-order valence-corrected chi connectivity index (χ3v) is 3.43. The minimum atomic E-state index is -1.03. The van der Waals surface area contributed by atoms with Gasteiger partial charge in [-0.3, -0.25) is 9.59 Å². The van der Waals surface area contributed by atoms with Gasteiger partial charge in [0.2, 0.25) is 0 Å². The molecule has 1 heterocycles. The molecule has 1 aromatic heterocycles. The molecule has 0 aromatic carbocycles. The Morgan fingerprint density at radius 2 is 2.19 bits per heavy atom. The number of hydrogen-bond donors (Lipinski definition) is 2. The number of amides is 1. The molecule has 0 fully saturated rings. The average Bonchev–Trinajstić information content (AvgIpc) is 2.59. The van der Waals surface area contributed by atoms with Crippen molar-refractivity contribution in [3.8, 4) is 0 Å². The molecule has 2 N–H and O–H groups in total. The molecule has 0 radical (unpaired) electrons. The number of thiophene rings is 1. The molecule has 1 aromatic rings. The zero-order valence-corrected chi connectivity index (χ0v) is 10.4. The lowest BCUT2D eigenvalue weighted by Gasteiger charge is -2.07. The second-order valence-corrected chi connectivity index (χ2v) is 4.84. The standard InChI is InChI=1S/C11H15NO3S/c1-4-8-5-9(16-7(8)3)10(13)12-6(2)11(14)15/h5-6H,4H2,1-3H3,(H,12,13)(H,14,15)/t6-/m1/s1. The second-order valence-electron chi connectivity index (χ2n) is 3.58. The van der Waals surface area contributed by atoms with Gasteiger partial charge in [-0.05, 0) is 31.9 Å². The number of nitrogens with one attached hydrogen (secondary N) is 1. The summed E-state index contributed by atoms with van der Waals surface area (Å²) in [6.07, 6.45) is 0.879. The predicted molar refractivity (Wildman–Crippen MR) is 63.0 cm³/mol. The number of carbonyl (C=O) groups excluding carboxylic acids is 1. The first-order valence-corrected chi connectivity index (χ1v) is 5.90. The van der Waals surface area contributed by atoms with E-state index in [4.69, 9.17) is 5.11 Å². The predicted octanol–water partition coefficient (Wildman–Crippen LogP) is 1.82. The van der Waals surface area contributed by atoms with E-state index >= 15 is 0 Å². The van der Waals surface area contributed by atoms with E-state index in [-0.39, 0.29) is 5.91 Å². The summed E-state index contributed by atoms with van der Waals surface area (Å²) in [4.78, 5) is 23.9. The minimum Gasteiger partial charge on any atom is -0.480 e. The fourth-order valence-electron chi connectivity index (χ4n) is 1.31. The van der Waals surface area contributed by atoms with Crippen molar-refractivity contribution < 1.29 is 14.7 Å². The van der Waals surface area contributed by atoms with Crippen molar-refractivity contribution in [2.24, 2.45) is 0 Å². The van der Waals surface area contributed by atoms with E-state index in [9.17, 15) is 9.59 Å². The number of hydrogen-bond acceptors (Lipinski definition) is 3. The maximum Gasteiger partial charge on any atom is 0.325 e. The third-order valence-electron chi connectivity index (χ3n) is 2.34. The zero-order chi connectivity index (χ0) is 12.3. The third kappa shape index (κ3) is 2.82. The van der Waals surface area contributed by atoms with Crippen LogP contribution in [0.2, 0.25) is 0 Å². The molecule has 1 atom stereocenters. The van der Waals surface area contributed by atoms with Crippen molar-refractivity contribution in [2.45, 2.75) is 33.2 Å². The molecule has 0 aliphatic carbocycles. The highest BCUT2D eigenvalue weighted by atomic mass is 32.1. The molecule has 0 unspecified atom stereocenters. The van der Waals surface area contributed by atoms with Gasteiger partial charge in [0.1, 0.15) is 6.04 Å². The molecule has 1 amide bonds. The summed E-state index contributed by atoms with van der Waals surface area (Å²) in [5, 5.41) is 11.1. The van der Waals surface area contributed by atoms with Gasteiger partial charge in [-0.1, -0.05) is 6.92 Å². The van der Waals surface area contributed by atoms with Crippen LogP contribution >= 0.6 is 11.3 Å². The molecule has 1 rings (SSSR count). The Morgan fingerprint density at radius 3 is 2.62 bits per heavy atom. The smallest absolute Gasteiger partial charge is 0.325 e. The summed E-state index contributed by atoms with van der Waals surface area (Å²) in [5.41, 5.74) is 1.14. The van der Waals surface area contributed by atoms with Gasteiger partial charge in [0.25, 0.3) is 5.91 Å². The van der Waals surface area contributed by atoms with Crippen LogP contribution < -0.4 is 5.32 Å². The van der Waals surface area contributed by atoms with Gasteiger partial charge < -0.3 is 10.4 Å². The first-order chi connectivity index (χ1) is 7.45. The second kappa shape index (κ2) is 5.12. The Hall–Kier alpha value is -1.36. The molecule has 5 heteroatoms. The van der Waals surface area contributed by atoms with Crippen LogP contribution in [-0.2, 0) is 11.2 Å². The van der Waals surface area contributed by atoms with Crippen LogP contribution in [0.4, 0.5) is 0 Å². The topological polar surface area (TPSA) is 66.4 Å². The van der Waals surface area contributed by atoms with Crippen molar-refractivity contribution in [3.05, 3.63) is 21.4 Å². The van der Waals surface area contributed by atoms with E-state index in [0.717, 1.165) is 16.9 Å². The SMILES string of the molecule is CCc1cc(C(=O)N[C@H](C)C(=O)O)sc1C. The fourth-order valence-corrected chi connectivity index (χ4v) is 2.33.